The highest BCUT2D eigenvalue weighted by molar-refractivity contribution is 6.30. The summed E-state index contributed by atoms with van der Waals surface area (Å²) < 4.78 is 5.46. The summed E-state index contributed by atoms with van der Waals surface area (Å²) in [6, 6.07) is 13.3. The quantitative estimate of drug-likeness (QED) is 0.827. The van der Waals surface area contributed by atoms with Gasteiger partial charge in [0.1, 0.15) is 0 Å². The Bertz CT molecular complexity index is 819. The van der Waals surface area contributed by atoms with Crippen LogP contribution in [0.15, 0.2) is 48.5 Å². The van der Waals surface area contributed by atoms with Crippen molar-refractivity contribution in [1.82, 2.24) is 4.90 Å². The second-order valence-electron chi connectivity index (χ2n) is 6.99. The third kappa shape index (κ3) is 4.78. The zero-order chi connectivity index (χ0) is 19.4. The van der Waals surface area contributed by atoms with Crippen LogP contribution in [0.25, 0.3) is 0 Å². The fraction of sp³-hybridized carbons (Fsp3) is 0.300. The molecule has 1 aliphatic rings. The summed E-state index contributed by atoms with van der Waals surface area (Å²) in [5.41, 5.74) is 1.47. The van der Waals surface area contributed by atoms with Crippen molar-refractivity contribution < 1.29 is 14.3 Å². The molecule has 1 saturated heterocycles. The van der Waals surface area contributed by atoms with Crippen LogP contribution in [0.1, 0.15) is 24.2 Å². The van der Waals surface area contributed by atoms with Crippen LogP contribution in [0, 0.1) is 0 Å². The van der Waals surface area contributed by atoms with E-state index in [0.29, 0.717) is 41.7 Å². The van der Waals surface area contributed by atoms with Gasteiger partial charge in [-0.1, -0.05) is 11.6 Å². The van der Waals surface area contributed by atoms with E-state index in [4.69, 9.17) is 16.3 Å². The minimum Gasteiger partial charge on any atom is -0.377 e. The molecule has 0 aliphatic carbocycles. The van der Waals surface area contributed by atoms with Crippen LogP contribution < -0.4 is 10.6 Å². The van der Waals surface area contributed by atoms with Gasteiger partial charge in [-0.05, 0) is 62.4 Å². The third-order valence-electron chi connectivity index (χ3n) is 4.38. The van der Waals surface area contributed by atoms with Gasteiger partial charge in [0.15, 0.2) is 0 Å². The number of nitrogens with zero attached hydrogens (tertiary/aromatic N) is 1. The molecule has 0 aromatic heterocycles. The van der Waals surface area contributed by atoms with E-state index < -0.39 is 0 Å². The molecule has 1 heterocycles. The first-order chi connectivity index (χ1) is 12.8. The third-order valence-corrected chi connectivity index (χ3v) is 4.63. The van der Waals surface area contributed by atoms with E-state index in [-0.39, 0.29) is 17.5 Å². The van der Waals surface area contributed by atoms with Gasteiger partial charge < -0.3 is 20.3 Å². The molecule has 0 atom stereocenters. The standard InChI is InChI=1S/C20H22ClN3O3/c1-20(2)13-27-12-11-24(20)18(25)14-3-7-16(8-4-14)22-19(26)23-17-9-5-15(21)6-10-17/h3-10H,11-13H2,1-2H3,(H2,22,23,26). The zero-order valence-electron chi connectivity index (χ0n) is 15.3. The van der Waals surface area contributed by atoms with Crippen LogP contribution in [0.4, 0.5) is 16.2 Å². The van der Waals surface area contributed by atoms with E-state index in [1.165, 1.54) is 0 Å². The fourth-order valence-electron chi connectivity index (χ4n) is 2.91. The Morgan fingerprint density at radius 2 is 1.56 bits per heavy atom. The van der Waals surface area contributed by atoms with Gasteiger partial charge in [-0.3, -0.25) is 4.79 Å². The number of carbonyl (C=O) groups excluding carboxylic acids is 2. The molecule has 0 radical (unpaired) electrons. The molecule has 2 aromatic carbocycles. The Morgan fingerprint density at radius 3 is 2.11 bits per heavy atom. The summed E-state index contributed by atoms with van der Waals surface area (Å²) >= 11 is 5.83. The summed E-state index contributed by atoms with van der Waals surface area (Å²) in [5.74, 6) is -0.0412. The lowest BCUT2D eigenvalue weighted by Gasteiger charge is -2.42. The van der Waals surface area contributed by atoms with Gasteiger partial charge in [0, 0.05) is 28.5 Å². The molecule has 3 rings (SSSR count). The van der Waals surface area contributed by atoms with E-state index in [1.54, 1.807) is 48.5 Å². The van der Waals surface area contributed by atoms with Crippen molar-refractivity contribution in [2.75, 3.05) is 30.4 Å². The molecule has 6 nitrogen and oxygen atoms in total. The van der Waals surface area contributed by atoms with Gasteiger partial charge in [0.25, 0.3) is 5.91 Å². The molecule has 0 unspecified atom stereocenters. The van der Waals surface area contributed by atoms with Crippen LogP contribution in [0.2, 0.25) is 5.02 Å². The minimum atomic E-state index is -0.370. The molecule has 7 heteroatoms. The van der Waals surface area contributed by atoms with Gasteiger partial charge in [-0.15, -0.1) is 0 Å². The van der Waals surface area contributed by atoms with Crippen molar-refractivity contribution in [3.8, 4) is 0 Å². The van der Waals surface area contributed by atoms with Gasteiger partial charge in [0.05, 0.1) is 18.8 Å². The van der Waals surface area contributed by atoms with Gasteiger partial charge >= 0.3 is 6.03 Å². The first-order valence-electron chi connectivity index (χ1n) is 8.68. The molecule has 27 heavy (non-hydrogen) atoms. The number of hydrogen-bond donors (Lipinski definition) is 2. The molecule has 0 bridgehead atoms. The number of hydrogen-bond acceptors (Lipinski definition) is 3. The number of urea groups is 1. The van der Waals surface area contributed by atoms with Crippen LogP contribution in [0.3, 0.4) is 0 Å². The molecule has 0 spiro atoms. The summed E-state index contributed by atoms with van der Waals surface area (Å²) in [4.78, 5) is 26.7. The maximum atomic E-state index is 12.8. The van der Waals surface area contributed by atoms with Crippen molar-refractivity contribution >= 4 is 34.9 Å². The smallest absolute Gasteiger partial charge is 0.323 e. The van der Waals surface area contributed by atoms with Gasteiger partial charge in [0.2, 0.25) is 0 Å². The molecule has 142 valence electrons. The van der Waals surface area contributed by atoms with E-state index in [2.05, 4.69) is 10.6 Å². The van der Waals surface area contributed by atoms with E-state index in [0.717, 1.165) is 0 Å². The largest absolute Gasteiger partial charge is 0.377 e. The number of benzene rings is 2. The second kappa shape index (κ2) is 7.98. The second-order valence-corrected chi connectivity index (χ2v) is 7.42. The predicted molar refractivity (Wildman–Crippen MR) is 106 cm³/mol. The van der Waals surface area contributed by atoms with Crippen molar-refractivity contribution in [1.29, 1.82) is 0 Å². The molecule has 2 aromatic rings. The highest BCUT2D eigenvalue weighted by atomic mass is 35.5. The van der Waals surface area contributed by atoms with E-state index in [1.807, 2.05) is 18.7 Å². The maximum Gasteiger partial charge on any atom is 0.323 e. The molecular weight excluding hydrogens is 366 g/mol. The lowest BCUT2D eigenvalue weighted by molar-refractivity contribution is -0.0370. The molecular formula is C20H22ClN3O3. The van der Waals surface area contributed by atoms with Crippen LogP contribution >= 0.6 is 11.6 Å². The molecule has 2 N–H and O–H groups in total. The first-order valence-corrected chi connectivity index (χ1v) is 9.06. The Balaban J connectivity index is 1.62. The van der Waals surface area contributed by atoms with Crippen molar-refractivity contribution in [2.24, 2.45) is 0 Å². The lowest BCUT2D eigenvalue weighted by atomic mass is 10.0. The highest BCUT2D eigenvalue weighted by Crippen LogP contribution is 2.22. The van der Waals surface area contributed by atoms with E-state index in [9.17, 15) is 9.59 Å². The number of carbonyl (C=O) groups is 2. The Kier molecular flexibility index (Phi) is 5.68. The number of nitrogens with one attached hydrogen (secondary N) is 2. The minimum absolute atomic E-state index is 0.0412. The van der Waals surface area contributed by atoms with Crippen molar-refractivity contribution in [3.63, 3.8) is 0 Å². The zero-order valence-corrected chi connectivity index (χ0v) is 16.0. The monoisotopic (exact) mass is 387 g/mol. The molecule has 3 amide bonds. The number of amides is 3. The highest BCUT2D eigenvalue weighted by Gasteiger charge is 2.34. The average molecular weight is 388 g/mol. The number of anilines is 2. The normalized spacial score (nSPS) is 15.9. The Morgan fingerprint density at radius 1 is 1.00 bits per heavy atom. The van der Waals surface area contributed by atoms with Gasteiger partial charge in [-0.25, -0.2) is 4.79 Å². The summed E-state index contributed by atoms with van der Waals surface area (Å²) in [5, 5.41) is 6.06. The summed E-state index contributed by atoms with van der Waals surface area (Å²) in [6.07, 6.45) is 0. The van der Waals surface area contributed by atoms with E-state index >= 15 is 0 Å². The van der Waals surface area contributed by atoms with Crippen LogP contribution in [-0.4, -0.2) is 42.1 Å². The van der Waals surface area contributed by atoms with Gasteiger partial charge in [-0.2, -0.15) is 0 Å². The average Bonchev–Trinajstić information content (AvgIpc) is 2.63. The number of ether oxygens (including phenoxy) is 1. The Labute approximate surface area is 163 Å². The molecule has 1 fully saturated rings. The maximum absolute atomic E-state index is 12.8. The topological polar surface area (TPSA) is 70.7 Å². The lowest BCUT2D eigenvalue weighted by Crippen LogP contribution is -2.55. The molecule has 0 saturated carbocycles. The van der Waals surface area contributed by atoms with Crippen LogP contribution in [-0.2, 0) is 4.74 Å². The summed E-state index contributed by atoms with van der Waals surface area (Å²) in [7, 11) is 0. The Hall–Kier alpha value is -2.57. The SMILES string of the molecule is CC1(C)COCCN1C(=O)c1ccc(NC(=O)Nc2ccc(Cl)cc2)cc1. The number of morpholine rings is 1. The van der Waals surface area contributed by atoms with Crippen molar-refractivity contribution in [2.45, 2.75) is 19.4 Å². The predicted octanol–water partition coefficient (Wildman–Crippen LogP) is 4.24. The van der Waals surface area contributed by atoms with Crippen molar-refractivity contribution in [3.05, 3.63) is 59.1 Å². The fourth-order valence-corrected chi connectivity index (χ4v) is 3.04. The first kappa shape index (κ1) is 19.2. The van der Waals surface area contributed by atoms with Crippen LogP contribution in [0.5, 0.6) is 0 Å². The summed E-state index contributed by atoms with van der Waals surface area (Å²) in [6.45, 7) is 5.60. The molecule has 1 aliphatic heterocycles. The number of halogens is 1. The number of rotatable bonds is 3.